The van der Waals surface area contributed by atoms with Crippen molar-refractivity contribution in [3.05, 3.63) is 29.6 Å². The lowest BCUT2D eigenvalue weighted by Gasteiger charge is -2.33. The first kappa shape index (κ1) is 15.8. The Morgan fingerprint density at radius 2 is 2.24 bits per heavy atom. The van der Waals surface area contributed by atoms with Crippen LogP contribution in [0.4, 0.5) is 13.2 Å². The first-order valence-corrected chi connectivity index (χ1v) is 6.72. The van der Waals surface area contributed by atoms with Gasteiger partial charge in [-0.3, -0.25) is 9.88 Å². The molecule has 1 saturated heterocycles. The maximum Gasteiger partial charge on any atom is 0.393 e. The second kappa shape index (κ2) is 6.43. The summed E-state index contributed by atoms with van der Waals surface area (Å²) in [5.74, 6) is -1.75. The molecule has 0 radical (unpaired) electrons. The van der Waals surface area contributed by atoms with Crippen LogP contribution in [0.25, 0.3) is 0 Å². The summed E-state index contributed by atoms with van der Waals surface area (Å²) >= 11 is 0. The molecule has 1 aromatic rings. The molecule has 2 rings (SSSR count). The van der Waals surface area contributed by atoms with Crippen molar-refractivity contribution in [3.8, 4) is 0 Å². The molecule has 0 aliphatic carbocycles. The van der Waals surface area contributed by atoms with Gasteiger partial charge < -0.3 is 4.74 Å². The summed E-state index contributed by atoms with van der Waals surface area (Å²) in [6.07, 6.45) is -2.04. The van der Waals surface area contributed by atoms with Crippen molar-refractivity contribution in [3.63, 3.8) is 0 Å². The first-order valence-electron chi connectivity index (χ1n) is 6.72. The lowest BCUT2D eigenvalue weighted by Crippen LogP contribution is -2.41. The molecule has 1 aromatic heterocycles. The molecular weight excluding hydrogens is 285 g/mol. The number of piperidine rings is 1. The molecule has 0 aromatic carbocycles. The van der Waals surface area contributed by atoms with Gasteiger partial charge in [-0.15, -0.1) is 0 Å². The maximum atomic E-state index is 12.7. The third-order valence-corrected chi connectivity index (χ3v) is 3.60. The molecule has 0 bridgehead atoms. The average Bonchev–Trinajstić information content (AvgIpc) is 2.47. The predicted molar refractivity (Wildman–Crippen MR) is 69.6 cm³/mol. The Labute approximate surface area is 120 Å². The van der Waals surface area contributed by atoms with Crippen LogP contribution in [0.2, 0.25) is 0 Å². The van der Waals surface area contributed by atoms with Crippen LogP contribution in [-0.2, 0) is 11.3 Å². The number of aromatic nitrogens is 1. The van der Waals surface area contributed by atoms with Gasteiger partial charge in [-0.2, -0.15) is 13.2 Å². The summed E-state index contributed by atoms with van der Waals surface area (Å²) < 4.78 is 42.8. The largest absolute Gasteiger partial charge is 0.465 e. The minimum Gasteiger partial charge on any atom is -0.465 e. The van der Waals surface area contributed by atoms with Gasteiger partial charge in [0.15, 0.2) is 0 Å². The number of nitrogens with zero attached hydrogens (tertiary/aromatic N) is 2. The summed E-state index contributed by atoms with van der Waals surface area (Å²) in [4.78, 5) is 17.1. The molecule has 1 unspecified atom stereocenters. The molecule has 1 aliphatic rings. The van der Waals surface area contributed by atoms with E-state index in [-0.39, 0.29) is 13.0 Å². The molecule has 4 nitrogen and oxygen atoms in total. The Balaban J connectivity index is 1.96. The van der Waals surface area contributed by atoms with E-state index in [1.54, 1.807) is 17.0 Å². The molecule has 0 spiro atoms. The van der Waals surface area contributed by atoms with E-state index < -0.39 is 18.1 Å². The molecule has 0 saturated carbocycles. The molecule has 21 heavy (non-hydrogen) atoms. The Morgan fingerprint density at radius 3 is 2.81 bits per heavy atom. The number of hydrogen-bond acceptors (Lipinski definition) is 4. The Kier molecular flexibility index (Phi) is 4.82. The second-order valence-electron chi connectivity index (χ2n) is 5.15. The summed E-state index contributed by atoms with van der Waals surface area (Å²) in [5, 5.41) is 0. The van der Waals surface area contributed by atoms with E-state index in [9.17, 15) is 18.0 Å². The van der Waals surface area contributed by atoms with Gasteiger partial charge in [0, 0.05) is 19.3 Å². The number of hydrogen-bond donors (Lipinski definition) is 0. The molecule has 116 valence electrons. The minimum absolute atomic E-state index is 0.00390. The van der Waals surface area contributed by atoms with Crippen LogP contribution in [-0.4, -0.2) is 42.2 Å². The SMILES string of the molecule is COC(=O)c1ccc(CN2CCCC(C(F)(F)F)C2)nc1. The highest BCUT2D eigenvalue weighted by molar-refractivity contribution is 5.88. The number of alkyl halides is 3. The second-order valence-corrected chi connectivity index (χ2v) is 5.15. The normalized spacial score (nSPS) is 20.3. The summed E-state index contributed by atoms with van der Waals surface area (Å²) in [5.41, 5.74) is 0.971. The van der Waals surface area contributed by atoms with Crippen molar-refractivity contribution in [1.29, 1.82) is 0 Å². The van der Waals surface area contributed by atoms with Crippen molar-refractivity contribution in [2.75, 3.05) is 20.2 Å². The van der Waals surface area contributed by atoms with Crippen molar-refractivity contribution in [2.24, 2.45) is 5.92 Å². The topological polar surface area (TPSA) is 42.4 Å². The van der Waals surface area contributed by atoms with Gasteiger partial charge >= 0.3 is 12.1 Å². The number of halogens is 3. The zero-order valence-corrected chi connectivity index (χ0v) is 11.7. The third-order valence-electron chi connectivity index (χ3n) is 3.60. The van der Waals surface area contributed by atoms with E-state index in [0.717, 1.165) is 0 Å². The summed E-state index contributed by atoms with van der Waals surface area (Å²) in [7, 11) is 1.28. The highest BCUT2D eigenvalue weighted by atomic mass is 19.4. The highest BCUT2D eigenvalue weighted by Crippen LogP contribution is 2.33. The molecule has 1 fully saturated rings. The molecule has 7 heteroatoms. The molecule has 1 aliphatic heterocycles. The van der Waals surface area contributed by atoms with E-state index in [1.165, 1.54) is 13.3 Å². The average molecular weight is 302 g/mol. The Bertz CT molecular complexity index is 488. The van der Waals surface area contributed by atoms with E-state index >= 15 is 0 Å². The molecule has 2 heterocycles. The van der Waals surface area contributed by atoms with Gasteiger partial charge in [-0.25, -0.2) is 4.79 Å². The Morgan fingerprint density at radius 1 is 1.48 bits per heavy atom. The standard InChI is InChI=1S/C14H17F3N2O2/c1-21-13(20)10-4-5-12(18-7-10)9-19-6-2-3-11(8-19)14(15,16)17/h4-5,7,11H,2-3,6,8-9H2,1H3. The number of likely N-dealkylation sites (tertiary alicyclic amines) is 1. The molecule has 0 N–H and O–H groups in total. The van der Waals surface area contributed by atoms with E-state index in [2.05, 4.69) is 9.72 Å². The fourth-order valence-electron chi connectivity index (χ4n) is 2.45. The quantitative estimate of drug-likeness (QED) is 0.805. The molecule has 1 atom stereocenters. The van der Waals surface area contributed by atoms with E-state index in [1.807, 2.05) is 0 Å². The third kappa shape index (κ3) is 4.17. The van der Waals surface area contributed by atoms with Gasteiger partial charge in [0.1, 0.15) is 0 Å². The van der Waals surface area contributed by atoms with Crippen LogP contribution in [0.1, 0.15) is 28.9 Å². The van der Waals surface area contributed by atoms with Crippen LogP contribution in [0.5, 0.6) is 0 Å². The molecule has 0 amide bonds. The number of carbonyl (C=O) groups excluding carboxylic acids is 1. The van der Waals surface area contributed by atoms with Crippen molar-refractivity contribution < 1.29 is 22.7 Å². The lowest BCUT2D eigenvalue weighted by molar-refractivity contribution is -0.187. The van der Waals surface area contributed by atoms with Crippen LogP contribution in [0, 0.1) is 5.92 Å². The number of methoxy groups -OCH3 is 1. The minimum atomic E-state index is -4.14. The van der Waals surface area contributed by atoms with E-state index in [4.69, 9.17) is 0 Å². The van der Waals surface area contributed by atoms with E-state index in [0.29, 0.717) is 30.8 Å². The Hall–Kier alpha value is -1.63. The number of rotatable bonds is 3. The smallest absolute Gasteiger partial charge is 0.393 e. The number of ether oxygens (including phenoxy) is 1. The maximum absolute atomic E-state index is 12.7. The van der Waals surface area contributed by atoms with Gasteiger partial charge in [-0.1, -0.05) is 0 Å². The molecular formula is C14H17F3N2O2. The van der Waals surface area contributed by atoms with Gasteiger partial charge in [0.25, 0.3) is 0 Å². The zero-order chi connectivity index (χ0) is 15.5. The fourth-order valence-corrected chi connectivity index (χ4v) is 2.45. The summed E-state index contributed by atoms with van der Waals surface area (Å²) in [6.45, 7) is 0.991. The van der Waals surface area contributed by atoms with Crippen LogP contribution in [0.15, 0.2) is 18.3 Å². The highest BCUT2D eigenvalue weighted by Gasteiger charge is 2.41. The number of esters is 1. The predicted octanol–water partition coefficient (Wildman–Crippen LogP) is 2.64. The van der Waals surface area contributed by atoms with Gasteiger partial charge in [0.05, 0.1) is 24.3 Å². The lowest BCUT2D eigenvalue weighted by atomic mass is 9.97. The zero-order valence-electron chi connectivity index (χ0n) is 11.7. The van der Waals surface area contributed by atoms with Crippen LogP contribution >= 0.6 is 0 Å². The first-order chi connectivity index (χ1) is 9.90. The van der Waals surface area contributed by atoms with Crippen molar-refractivity contribution >= 4 is 5.97 Å². The number of pyridine rings is 1. The monoisotopic (exact) mass is 302 g/mol. The van der Waals surface area contributed by atoms with Crippen molar-refractivity contribution in [1.82, 2.24) is 9.88 Å². The summed E-state index contributed by atoms with van der Waals surface area (Å²) in [6, 6.07) is 3.21. The number of carbonyl (C=O) groups is 1. The van der Waals surface area contributed by atoms with Gasteiger partial charge in [0.2, 0.25) is 0 Å². The van der Waals surface area contributed by atoms with Crippen LogP contribution in [0.3, 0.4) is 0 Å². The van der Waals surface area contributed by atoms with Crippen LogP contribution < -0.4 is 0 Å². The van der Waals surface area contributed by atoms with Gasteiger partial charge in [-0.05, 0) is 31.5 Å². The fraction of sp³-hybridized carbons (Fsp3) is 0.571. The van der Waals surface area contributed by atoms with Crippen molar-refractivity contribution in [2.45, 2.75) is 25.6 Å².